The summed E-state index contributed by atoms with van der Waals surface area (Å²) >= 11 is 2.09. The molecule has 0 aliphatic heterocycles. The molecule has 0 saturated heterocycles. The van der Waals surface area contributed by atoms with Gasteiger partial charge in [0.15, 0.2) is 6.29 Å². The first-order chi connectivity index (χ1) is 13.3. The van der Waals surface area contributed by atoms with Crippen molar-refractivity contribution in [1.29, 1.82) is 0 Å². The number of halogens is 1. The van der Waals surface area contributed by atoms with Crippen LogP contribution in [0.5, 0.6) is 0 Å². The van der Waals surface area contributed by atoms with Gasteiger partial charge in [0.25, 0.3) is 10.1 Å². The largest absolute Gasteiger partial charge is 0.342 e. The molecule has 1 aromatic heterocycles. The average molecular weight is 520 g/mol. The summed E-state index contributed by atoms with van der Waals surface area (Å²) < 4.78 is 31.6. The van der Waals surface area contributed by atoms with Crippen molar-refractivity contribution < 1.29 is 17.4 Å². The van der Waals surface area contributed by atoms with Crippen LogP contribution in [0.3, 0.4) is 0 Å². The van der Waals surface area contributed by atoms with Crippen molar-refractivity contribution in [2.24, 2.45) is 0 Å². The molecule has 1 heterocycles. The van der Waals surface area contributed by atoms with Gasteiger partial charge in [0, 0.05) is 16.3 Å². The highest BCUT2D eigenvalue weighted by atomic mass is 127. The minimum Gasteiger partial charge on any atom is -0.342 e. The Hall–Kier alpha value is -1.23. The van der Waals surface area contributed by atoms with Crippen LogP contribution >= 0.6 is 22.6 Å². The van der Waals surface area contributed by atoms with Gasteiger partial charge in [-0.05, 0) is 67.3 Å². The highest BCUT2D eigenvalue weighted by Gasteiger charge is 2.15. The fourth-order valence-electron chi connectivity index (χ4n) is 2.47. The van der Waals surface area contributed by atoms with E-state index in [0.29, 0.717) is 12.2 Å². The Balaban J connectivity index is 0.000000480. The summed E-state index contributed by atoms with van der Waals surface area (Å²) in [6, 6.07) is 8.19. The minimum atomic E-state index is -3.76. The molecule has 0 atom stereocenters. The first-order valence-corrected chi connectivity index (χ1v) is 11.7. The molecule has 0 radical (unpaired) electrons. The number of carbonyl (C=O) groups is 1. The van der Waals surface area contributed by atoms with Gasteiger partial charge in [-0.1, -0.05) is 38.5 Å². The molecule has 0 unspecified atom stereocenters. The second-order valence-corrected chi connectivity index (χ2v) is 8.96. The van der Waals surface area contributed by atoms with Crippen molar-refractivity contribution in [1.82, 2.24) is 9.47 Å². The monoisotopic (exact) mass is 520 g/mol. The van der Waals surface area contributed by atoms with E-state index in [1.807, 2.05) is 6.92 Å². The van der Waals surface area contributed by atoms with Crippen molar-refractivity contribution in [3.8, 4) is 0 Å². The van der Waals surface area contributed by atoms with Crippen molar-refractivity contribution in [2.45, 2.75) is 39.1 Å². The Bertz CT molecular complexity index is 823. The Morgan fingerprint density at radius 2 is 1.68 bits per heavy atom. The number of hydrogen-bond acceptors (Lipinski definition) is 5. The third kappa shape index (κ3) is 8.02. The van der Waals surface area contributed by atoms with Crippen LogP contribution in [0, 0.1) is 10.5 Å². The Kier molecular flexibility index (Phi) is 10.9. The predicted molar refractivity (Wildman–Crippen MR) is 120 cm³/mol. The molecule has 8 heteroatoms. The van der Waals surface area contributed by atoms with Gasteiger partial charge >= 0.3 is 0 Å². The molecule has 6 nitrogen and oxygen atoms in total. The number of aryl methyl sites for hydroxylation is 1. The lowest BCUT2D eigenvalue weighted by Gasteiger charge is -2.13. The summed E-state index contributed by atoms with van der Waals surface area (Å²) in [5.74, 6) is 0. The van der Waals surface area contributed by atoms with E-state index in [0.717, 1.165) is 15.4 Å². The lowest BCUT2D eigenvalue weighted by molar-refractivity contribution is 0.111. The van der Waals surface area contributed by atoms with Gasteiger partial charge in [-0.15, -0.1) is 0 Å². The summed E-state index contributed by atoms with van der Waals surface area (Å²) in [4.78, 5) is 13.4. The molecule has 0 spiro atoms. The van der Waals surface area contributed by atoms with Gasteiger partial charge in [-0.3, -0.25) is 8.98 Å². The number of nitrogens with zero attached hydrogens (tertiary/aromatic N) is 2. The number of aldehydes is 1. The third-order valence-corrected chi connectivity index (χ3v) is 6.16. The number of aromatic nitrogens is 1. The molecule has 0 amide bonds. The third-order valence-electron chi connectivity index (χ3n) is 4.24. The van der Waals surface area contributed by atoms with E-state index < -0.39 is 10.1 Å². The minimum absolute atomic E-state index is 0.0260. The summed E-state index contributed by atoms with van der Waals surface area (Å²) in [6.45, 7) is 12.3. The number of carbonyl (C=O) groups excluding carboxylic acids is 1. The molecule has 2 aromatic rings. The fourth-order valence-corrected chi connectivity index (χ4v) is 4.02. The molecule has 0 aliphatic carbocycles. The number of benzene rings is 1. The Morgan fingerprint density at radius 1 is 1.11 bits per heavy atom. The molecule has 0 saturated carbocycles. The van der Waals surface area contributed by atoms with Gasteiger partial charge in [-0.25, -0.2) is 0 Å². The van der Waals surface area contributed by atoms with E-state index in [2.05, 4.69) is 48.3 Å². The van der Waals surface area contributed by atoms with E-state index in [4.69, 9.17) is 4.18 Å². The fraction of sp³-hybridized carbons (Fsp3) is 0.450. The highest BCUT2D eigenvalue weighted by Crippen LogP contribution is 2.14. The first-order valence-electron chi connectivity index (χ1n) is 9.26. The predicted octanol–water partition coefficient (Wildman–Crippen LogP) is 3.97. The van der Waals surface area contributed by atoms with Crippen LogP contribution in [-0.2, 0) is 20.8 Å². The zero-order chi connectivity index (χ0) is 21.2. The topological polar surface area (TPSA) is 68.6 Å². The highest BCUT2D eigenvalue weighted by molar-refractivity contribution is 14.1. The van der Waals surface area contributed by atoms with Gasteiger partial charge in [0.2, 0.25) is 0 Å². The lowest BCUT2D eigenvalue weighted by atomic mass is 10.2. The smallest absolute Gasteiger partial charge is 0.297 e. The molecule has 1 aromatic carbocycles. The standard InChI is InChI=1S/C14H14INO4S.C6H15N/c1-11-2-4-14(5-3-11)21(18,19)20-7-6-16-9-12(15)8-13(16)10-17;1-4-7(5-2)6-3/h2-5,8-10H,6-7H2,1H3;4-6H2,1-3H3. The molecule has 0 bridgehead atoms. The van der Waals surface area contributed by atoms with E-state index in [9.17, 15) is 13.2 Å². The van der Waals surface area contributed by atoms with Crippen LogP contribution in [-0.4, -0.2) is 50.4 Å². The van der Waals surface area contributed by atoms with Gasteiger partial charge < -0.3 is 9.47 Å². The normalized spacial score (nSPS) is 11.2. The number of rotatable bonds is 9. The van der Waals surface area contributed by atoms with Crippen molar-refractivity contribution >= 4 is 39.0 Å². The molecule has 0 fully saturated rings. The lowest BCUT2D eigenvalue weighted by Crippen LogP contribution is -2.21. The molecule has 0 aliphatic rings. The van der Waals surface area contributed by atoms with Crippen LogP contribution in [0.25, 0.3) is 0 Å². The summed E-state index contributed by atoms with van der Waals surface area (Å²) in [7, 11) is -3.76. The van der Waals surface area contributed by atoms with Crippen molar-refractivity contribution in [3.05, 3.63) is 51.4 Å². The zero-order valence-corrected chi connectivity index (χ0v) is 19.9. The van der Waals surface area contributed by atoms with Gasteiger partial charge in [-0.2, -0.15) is 8.42 Å². The van der Waals surface area contributed by atoms with E-state index in [1.165, 1.54) is 31.8 Å². The Labute approximate surface area is 182 Å². The summed E-state index contributed by atoms with van der Waals surface area (Å²) in [5.41, 5.74) is 1.47. The molecule has 28 heavy (non-hydrogen) atoms. The molecular weight excluding hydrogens is 491 g/mol. The SMILES string of the molecule is CCN(CC)CC.Cc1ccc(S(=O)(=O)OCCn2cc(I)cc2C=O)cc1. The van der Waals surface area contributed by atoms with Crippen LogP contribution in [0.15, 0.2) is 41.4 Å². The maximum atomic E-state index is 12.0. The molecule has 2 rings (SSSR count). The first kappa shape index (κ1) is 24.8. The quantitative estimate of drug-likeness (QED) is 0.285. The molecular formula is C20H29IN2O4S. The summed E-state index contributed by atoms with van der Waals surface area (Å²) in [5, 5.41) is 0. The number of hydrogen-bond donors (Lipinski definition) is 0. The van der Waals surface area contributed by atoms with Crippen molar-refractivity contribution in [2.75, 3.05) is 26.2 Å². The molecule has 0 N–H and O–H groups in total. The second-order valence-electron chi connectivity index (χ2n) is 6.10. The van der Waals surface area contributed by atoms with Crippen LogP contribution in [0.2, 0.25) is 0 Å². The Morgan fingerprint density at radius 3 is 2.14 bits per heavy atom. The molecule has 156 valence electrons. The van der Waals surface area contributed by atoms with E-state index >= 15 is 0 Å². The maximum Gasteiger partial charge on any atom is 0.297 e. The summed E-state index contributed by atoms with van der Waals surface area (Å²) in [6.07, 6.45) is 2.50. The van der Waals surface area contributed by atoms with Gasteiger partial charge in [0.1, 0.15) is 0 Å². The second kappa shape index (κ2) is 12.4. The average Bonchev–Trinajstić information content (AvgIpc) is 3.03. The van der Waals surface area contributed by atoms with E-state index in [1.54, 1.807) is 29.0 Å². The van der Waals surface area contributed by atoms with E-state index in [-0.39, 0.29) is 11.5 Å². The van der Waals surface area contributed by atoms with Crippen molar-refractivity contribution in [3.63, 3.8) is 0 Å². The van der Waals surface area contributed by atoms with Crippen LogP contribution in [0.4, 0.5) is 0 Å². The van der Waals surface area contributed by atoms with Crippen LogP contribution in [0.1, 0.15) is 36.8 Å². The zero-order valence-electron chi connectivity index (χ0n) is 16.9. The van der Waals surface area contributed by atoms with Crippen LogP contribution < -0.4 is 0 Å². The van der Waals surface area contributed by atoms with Gasteiger partial charge in [0.05, 0.1) is 17.2 Å². The maximum absolute atomic E-state index is 12.0.